The van der Waals surface area contributed by atoms with Crippen LogP contribution in [0.2, 0.25) is 0 Å². The Bertz CT molecular complexity index is 319. The molecule has 0 fully saturated rings. The molecule has 0 aliphatic heterocycles. The first-order valence-corrected chi connectivity index (χ1v) is 5.32. The van der Waals surface area contributed by atoms with Crippen LogP contribution in [-0.4, -0.2) is 6.18 Å². The lowest BCUT2D eigenvalue weighted by Crippen LogP contribution is -2.13. The topological polar surface area (TPSA) is 39.2 Å². The maximum absolute atomic E-state index is 11.9. The smallest absolute Gasteiger partial charge is 0.389 e. The Balaban J connectivity index is 2.44. The summed E-state index contributed by atoms with van der Waals surface area (Å²) in [5, 5.41) is 0. The Morgan fingerprint density at radius 2 is 2.12 bits per heavy atom. The summed E-state index contributed by atoms with van der Waals surface area (Å²) in [6.07, 6.45) is -2.26. The van der Waals surface area contributed by atoms with E-state index in [-0.39, 0.29) is 12.5 Å². The number of furan rings is 1. The van der Waals surface area contributed by atoms with Crippen LogP contribution >= 0.6 is 0 Å². The fraction of sp³-hybridized carbons (Fsp3) is 0.636. The molecule has 0 spiro atoms. The summed E-state index contributed by atoms with van der Waals surface area (Å²) < 4.78 is 41.0. The highest BCUT2D eigenvalue weighted by atomic mass is 19.4. The number of aryl methyl sites for hydroxylation is 1. The Kier molecular flexibility index (Phi) is 4.41. The van der Waals surface area contributed by atoms with Crippen LogP contribution in [0, 0.1) is 0 Å². The van der Waals surface area contributed by atoms with E-state index in [0.717, 1.165) is 11.3 Å². The minimum atomic E-state index is -4.09. The van der Waals surface area contributed by atoms with Crippen LogP contribution < -0.4 is 5.73 Å². The lowest BCUT2D eigenvalue weighted by atomic mass is 10.0. The summed E-state index contributed by atoms with van der Waals surface area (Å²) in [6.45, 7) is 1.92. The Labute approximate surface area is 92.6 Å². The van der Waals surface area contributed by atoms with E-state index in [1.54, 1.807) is 6.07 Å². The van der Waals surface area contributed by atoms with Crippen LogP contribution in [-0.2, 0) is 6.42 Å². The fourth-order valence-electron chi connectivity index (χ4n) is 1.65. The largest absolute Gasteiger partial charge is 0.469 e. The van der Waals surface area contributed by atoms with E-state index in [1.165, 1.54) is 6.26 Å². The highest BCUT2D eigenvalue weighted by Crippen LogP contribution is 2.27. The van der Waals surface area contributed by atoms with Gasteiger partial charge in [0.1, 0.15) is 5.76 Å². The van der Waals surface area contributed by atoms with Crippen molar-refractivity contribution in [1.29, 1.82) is 0 Å². The van der Waals surface area contributed by atoms with Crippen LogP contribution in [0.4, 0.5) is 13.2 Å². The third kappa shape index (κ3) is 3.89. The van der Waals surface area contributed by atoms with Crippen molar-refractivity contribution in [3.8, 4) is 0 Å². The molecule has 0 aliphatic rings. The van der Waals surface area contributed by atoms with Gasteiger partial charge < -0.3 is 10.2 Å². The molecule has 0 saturated heterocycles. The zero-order valence-electron chi connectivity index (χ0n) is 9.18. The van der Waals surface area contributed by atoms with Crippen LogP contribution in [0.1, 0.15) is 43.6 Å². The highest BCUT2D eigenvalue weighted by Gasteiger charge is 2.26. The quantitative estimate of drug-likeness (QED) is 0.847. The molecule has 1 aromatic heterocycles. The maximum atomic E-state index is 11.9. The summed E-state index contributed by atoms with van der Waals surface area (Å²) in [5.74, 6) is 0.763. The maximum Gasteiger partial charge on any atom is 0.389 e. The third-order valence-electron chi connectivity index (χ3n) is 2.48. The molecule has 0 saturated carbocycles. The van der Waals surface area contributed by atoms with Gasteiger partial charge in [0, 0.05) is 24.4 Å². The summed E-state index contributed by atoms with van der Waals surface area (Å²) >= 11 is 0. The molecular formula is C11H16F3NO. The van der Waals surface area contributed by atoms with Gasteiger partial charge in [-0.3, -0.25) is 0 Å². The average molecular weight is 235 g/mol. The number of alkyl halides is 3. The molecule has 0 bridgehead atoms. The van der Waals surface area contributed by atoms with Crippen LogP contribution in [0.3, 0.4) is 0 Å². The van der Waals surface area contributed by atoms with Gasteiger partial charge in [-0.05, 0) is 18.9 Å². The number of rotatable bonds is 5. The van der Waals surface area contributed by atoms with Gasteiger partial charge in [-0.1, -0.05) is 6.92 Å². The number of hydrogen-bond acceptors (Lipinski definition) is 2. The van der Waals surface area contributed by atoms with E-state index >= 15 is 0 Å². The third-order valence-corrected chi connectivity index (χ3v) is 2.48. The summed E-state index contributed by atoms with van der Waals surface area (Å²) in [5.41, 5.74) is 6.64. The van der Waals surface area contributed by atoms with Crippen molar-refractivity contribution in [3.63, 3.8) is 0 Å². The molecular weight excluding hydrogens is 219 g/mol. The molecule has 5 heteroatoms. The van der Waals surface area contributed by atoms with Crippen molar-refractivity contribution < 1.29 is 17.6 Å². The van der Waals surface area contributed by atoms with Gasteiger partial charge in [-0.15, -0.1) is 0 Å². The van der Waals surface area contributed by atoms with E-state index in [2.05, 4.69) is 0 Å². The van der Waals surface area contributed by atoms with Gasteiger partial charge in [0.05, 0.1) is 6.26 Å². The molecule has 0 aromatic carbocycles. The Morgan fingerprint density at radius 1 is 1.44 bits per heavy atom. The fourth-order valence-corrected chi connectivity index (χ4v) is 1.65. The first-order valence-electron chi connectivity index (χ1n) is 5.32. The first kappa shape index (κ1) is 13.1. The Morgan fingerprint density at radius 3 is 2.69 bits per heavy atom. The molecule has 2 nitrogen and oxygen atoms in total. The molecule has 1 aromatic rings. The zero-order valence-corrected chi connectivity index (χ0v) is 9.18. The predicted octanol–water partition coefficient (Wildman–Crippen LogP) is 3.57. The summed E-state index contributed by atoms with van der Waals surface area (Å²) in [7, 11) is 0. The molecule has 0 radical (unpaired) electrons. The summed E-state index contributed by atoms with van der Waals surface area (Å²) in [4.78, 5) is 0. The molecule has 0 amide bonds. The Hall–Kier alpha value is -0.970. The van der Waals surface area contributed by atoms with Gasteiger partial charge >= 0.3 is 6.18 Å². The van der Waals surface area contributed by atoms with Crippen molar-refractivity contribution in [2.75, 3.05) is 0 Å². The highest BCUT2D eigenvalue weighted by molar-refractivity contribution is 5.20. The van der Waals surface area contributed by atoms with Gasteiger partial charge in [-0.2, -0.15) is 13.2 Å². The van der Waals surface area contributed by atoms with Crippen molar-refractivity contribution in [1.82, 2.24) is 0 Å². The van der Waals surface area contributed by atoms with E-state index in [4.69, 9.17) is 10.2 Å². The van der Waals surface area contributed by atoms with Gasteiger partial charge in [0.15, 0.2) is 0 Å². The van der Waals surface area contributed by atoms with E-state index < -0.39 is 12.6 Å². The van der Waals surface area contributed by atoms with Crippen LogP contribution in [0.5, 0.6) is 0 Å². The van der Waals surface area contributed by atoms with Gasteiger partial charge in [0.25, 0.3) is 0 Å². The molecule has 16 heavy (non-hydrogen) atoms. The first-order chi connectivity index (χ1) is 7.44. The minimum absolute atomic E-state index is 0.0546. The number of hydrogen-bond donors (Lipinski definition) is 1. The molecule has 1 atom stereocenters. The van der Waals surface area contributed by atoms with E-state index in [1.807, 2.05) is 6.92 Å². The minimum Gasteiger partial charge on any atom is -0.469 e. The SMILES string of the molecule is CCc1occc1C(N)CCCC(F)(F)F. The van der Waals surface area contributed by atoms with Gasteiger partial charge in [-0.25, -0.2) is 0 Å². The predicted molar refractivity (Wildman–Crippen MR) is 54.9 cm³/mol. The monoisotopic (exact) mass is 235 g/mol. The molecule has 1 rings (SSSR count). The second kappa shape index (κ2) is 5.39. The molecule has 0 aliphatic carbocycles. The van der Waals surface area contributed by atoms with Crippen molar-refractivity contribution in [2.45, 2.75) is 44.8 Å². The van der Waals surface area contributed by atoms with E-state index in [9.17, 15) is 13.2 Å². The van der Waals surface area contributed by atoms with Gasteiger partial charge in [0.2, 0.25) is 0 Å². The normalized spacial score (nSPS) is 14.1. The van der Waals surface area contributed by atoms with Crippen molar-refractivity contribution in [3.05, 3.63) is 23.7 Å². The molecule has 1 heterocycles. The number of halogens is 3. The van der Waals surface area contributed by atoms with Crippen LogP contribution in [0.15, 0.2) is 16.7 Å². The molecule has 1 unspecified atom stereocenters. The zero-order chi connectivity index (χ0) is 12.2. The lowest BCUT2D eigenvalue weighted by Gasteiger charge is -2.12. The molecule has 92 valence electrons. The van der Waals surface area contributed by atoms with Crippen LogP contribution in [0.25, 0.3) is 0 Å². The van der Waals surface area contributed by atoms with Crippen molar-refractivity contribution in [2.24, 2.45) is 5.73 Å². The molecule has 2 N–H and O–H groups in total. The average Bonchev–Trinajstić information content (AvgIpc) is 2.63. The van der Waals surface area contributed by atoms with Crippen molar-refractivity contribution >= 4 is 0 Å². The second-order valence-electron chi connectivity index (χ2n) is 3.77. The standard InChI is InChI=1S/C11H16F3NO/c1-2-10-8(5-7-16-10)9(15)4-3-6-11(12,13)14/h5,7,9H,2-4,6,15H2,1H3. The lowest BCUT2D eigenvalue weighted by molar-refractivity contribution is -0.135. The summed E-state index contributed by atoms with van der Waals surface area (Å²) in [6, 6.07) is 1.37. The van der Waals surface area contributed by atoms with E-state index in [0.29, 0.717) is 12.8 Å². The number of nitrogens with two attached hydrogens (primary N) is 1. The second-order valence-corrected chi connectivity index (χ2v) is 3.77.